The molecule has 0 radical (unpaired) electrons. The SMILES string of the molecule is Cc1cc(C)cc(CN(CC2CCCN2)C(C)C)c1. The second-order valence-corrected chi connectivity index (χ2v) is 6.31. The zero-order valence-electron chi connectivity index (χ0n) is 12.9. The first kappa shape index (κ1) is 14.5. The summed E-state index contributed by atoms with van der Waals surface area (Å²) in [5.41, 5.74) is 4.19. The molecule has 1 aliphatic heterocycles. The summed E-state index contributed by atoms with van der Waals surface area (Å²) in [6.45, 7) is 12.4. The Kier molecular flexibility index (Phi) is 5.00. The first-order chi connectivity index (χ1) is 9.04. The molecule has 1 aliphatic rings. The molecule has 1 heterocycles. The van der Waals surface area contributed by atoms with Crippen LogP contribution < -0.4 is 5.32 Å². The summed E-state index contributed by atoms with van der Waals surface area (Å²) >= 11 is 0. The van der Waals surface area contributed by atoms with Crippen molar-refractivity contribution < 1.29 is 0 Å². The van der Waals surface area contributed by atoms with Crippen LogP contribution in [0, 0.1) is 13.8 Å². The molecule has 1 fully saturated rings. The second-order valence-electron chi connectivity index (χ2n) is 6.31. The molecule has 106 valence electrons. The summed E-state index contributed by atoms with van der Waals surface area (Å²) in [7, 11) is 0. The van der Waals surface area contributed by atoms with Gasteiger partial charge in [-0.15, -0.1) is 0 Å². The van der Waals surface area contributed by atoms with Crippen molar-refractivity contribution in [3.05, 3.63) is 34.9 Å². The van der Waals surface area contributed by atoms with Gasteiger partial charge in [-0.2, -0.15) is 0 Å². The molecule has 1 aromatic rings. The summed E-state index contributed by atoms with van der Waals surface area (Å²) in [5, 5.41) is 3.61. The van der Waals surface area contributed by atoms with E-state index in [2.05, 4.69) is 56.1 Å². The minimum atomic E-state index is 0.600. The van der Waals surface area contributed by atoms with Crippen molar-refractivity contribution in [1.82, 2.24) is 10.2 Å². The molecular weight excluding hydrogens is 232 g/mol. The van der Waals surface area contributed by atoms with E-state index in [0.29, 0.717) is 12.1 Å². The fourth-order valence-electron chi connectivity index (χ4n) is 3.05. The van der Waals surface area contributed by atoms with Crippen LogP contribution in [-0.2, 0) is 6.54 Å². The third kappa shape index (κ3) is 4.32. The van der Waals surface area contributed by atoms with Crippen molar-refractivity contribution in [1.29, 1.82) is 0 Å². The Balaban J connectivity index is 2.02. The van der Waals surface area contributed by atoms with Gasteiger partial charge in [-0.1, -0.05) is 29.3 Å². The lowest BCUT2D eigenvalue weighted by Crippen LogP contribution is -2.40. The van der Waals surface area contributed by atoms with Crippen LogP contribution in [0.1, 0.15) is 43.4 Å². The van der Waals surface area contributed by atoms with Gasteiger partial charge in [-0.3, -0.25) is 4.90 Å². The van der Waals surface area contributed by atoms with E-state index in [1.807, 2.05) is 0 Å². The van der Waals surface area contributed by atoms with Crippen LogP contribution in [0.4, 0.5) is 0 Å². The van der Waals surface area contributed by atoms with Crippen LogP contribution in [0.2, 0.25) is 0 Å². The molecule has 0 bridgehead atoms. The molecule has 2 rings (SSSR count). The lowest BCUT2D eigenvalue weighted by Gasteiger charge is -2.29. The first-order valence-corrected chi connectivity index (χ1v) is 7.59. The Hall–Kier alpha value is -0.860. The van der Waals surface area contributed by atoms with Gasteiger partial charge in [0.25, 0.3) is 0 Å². The smallest absolute Gasteiger partial charge is 0.0237 e. The zero-order valence-corrected chi connectivity index (χ0v) is 12.9. The molecule has 1 saturated heterocycles. The van der Waals surface area contributed by atoms with Gasteiger partial charge in [0.2, 0.25) is 0 Å². The molecule has 1 atom stereocenters. The third-order valence-electron chi connectivity index (χ3n) is 4.01. The van der Waals surface area contributed by atoms with E-state index in [4.69, 9.17) is 0 Å². The van der Waals surface area contributed by atoms with Crippen molar-refractivity contribution >= 4 is 0 Å². The molecule has 0 aliphatic carbocycles. The minimum Gasteiger partial charge on any atom is -0.313 e. The van der Waals surface area contributed by atoms with E-state index in [-0.39, 0.29) is 0 Å². The van der Waals surface area contributed by atoms with Gasteiger partial charge in [0, 0.05) is 25.2 Å². The molecule has 1 N–H and O–H groups in total. The third-order valence-corrected chi connectivity index (χ3v) is 4.01. The van der Waals surface area contributed by atoms with Gasteiger partial charge < -0.3 is 5.32 Å². The van der Waals surface area contributed by atoms with Gasteiger partial charge in [0.05, 0.1) is 0 Å². The molecular formula is C17H28N2. The van der Waals surface area contributed by atoms with Gasteiger partial charge in [-0.25, -0.2) is 0 Å². The number of benzene rings is 1. The fraction of sp³-hybridized carbons (Fsp3) is 0.647. The Morgan fingerprint density at radius 3 is 2.42 bits per heavy atom. The van der Waals surface area contributed by atoms with E-state index in [0.717, 1.165) is 6.54 Å². The molecule has 0 spiro atoms. The lowest BCUT2D eigenvalue weighted by molar-refractivity contribution is 0.194. The predicted molar refractivity (Wildman–Crippen MR) is 82.5 cm³/mol. The number of nitrogens with zero attached hydrogens (tertiary/aromatic N) is 1. The van der Waals surface area contributed by atoms with Crippen LogP contribution in [0.5, 0.6) is 0 Å². The molecule has 0 amide bonds. The Bertz CT molecular complexity index is 385. The largest absolute Gasteiger partial charge is 0.313 e. The van der Waals surface area contributed by atoms with Gasteiger partial charge in [-0.05, 0) is 52.6 Å². The predicted octanol–water partition coefficient (Wildman–Crippen LogP) is 3.27. The number of hydrogen-bond acceptors (Lipinski definition) is 2. The maximum atomic E-state index is 3.61. The summed E-state index contributed by atoms with van der Waals surface area (Å²) in [6.07, 6.45) is 2.66. The maximum absolute atomic E-state index is 3.61. The maximum Gasteiger partial charge on any atom is 0.0237 e. The first-order valence-electron chi connectivity index (χ1n) is 7.59. The summed E-state index contributed by atoms with van der Waals surface area (Å²) in [6, 6.07) is 8.19. The van der Waals surface area contributed by atoms with Gasteiger partial charge in [0.15, 0.2) is 0 Å². The van der Waals surface area contributed by atoms with Crippen molar-refractivity contribution in [3.63, 3.8) is 0 Å². The number of nitrogens with one attached hydrogen (secondary N) is 1. The number of hydrogen-bond donors (Lipinski definition) is 1. The highest BCUT2D eigenvalue weighted by atomic mass is 15.2. The molecule has 1 unspecified atom stereocenters. The topological polar surface area (TPSA) is 15.3 Å². The van der Waals surface area contributed by atoms with Crippen molar-refractivity contribution in [2.75, 3.05) is 13.1 Å². The van der Waals surface area contributed by atoms with Crippen LogP contribution in [0.25, 0.3) is 0 Å². The molecule has 2 heteroatoms. The highest BCUT2D eigenvalue weighted by Gasteiger charge is 2.19. The normalized spacial score (nSPS) is 19.6. The molecule has 19 heavy (non-hydrogen) atoms. The van der Waals surface area contributed by atoms with E-state index >= 15 is 0 Å². The van der Waals surface area contributed by atoms with Crippen LogP contribution in [-0.4, -0.2) is 30.1 Å². The lowest BCUT2D eigenvalue weighted by atomic mass is 10.1. The Morgan fingerprint density at radius 1 is 1.21 bits per heavy atom. The Labute approximate surface area is 118 Å². The van der Waals surface area contributed by atoms with E-state index in [1.165, 1.54) is 42.6 Å². The van der Waals surface area contributed by atoms with Crippen LogP contribution in [0.3, 0.4) is 0 Å². The molecule has 0 saturated carbocycles. The standard InChI is InChI=1S/C17H28N2/c1-13(2)19(12-17-6-5-7-18-17)11-16-9-14(3)8-15(4)10-16/h8-10,13,17-18H,5-7,11-12H2,1-4H3. The van der Waals surface area contributed by atoms with E-state index < -0.39 is 0 Å². The molecule has 2 nitrogen and oxygen atoms in total. The Morgan fingerprint density at radius 2 is 1.89 bits per heavy atom. The summed E-state index contributed by atoms with van der Waals surface area (Å²) < 4.78 is 0. The van der Waals surface area contributed by atoms with Crippen LogP contribution >= 0.6 is 0 Å². The number of rotatable bonds is 5. The quantitative estimate of drug-likeness (QED) is 0.874. The average Bonchev–Trinajstić information content (AvgIpc) is 2.79. The van der Waals surface area contributed by atoms with Crippen molar-refractivity contribution in [2.45, 2.75) is 59.2 Å². The summed E-state index contributed by atoms with van der Waals surface area (Å²) in [5.74, 6) is 0. The highest BCUT2D eigenvalue weighted by Crippen LogP contribution is 2.15. The summed E-state index contributed by atoms with van der Waals surface area (Å²) in [4.78, 5) is 2.59. The van der Waals surface area contributed by atoms with Crippen LogP contribution in [0.15, 0.2) is 18.2 Å². The zero-order chi connectivity index (χ0) is 13.8. The minimum absolute atomic E-state index is 0.600. The van der Waals surface area contributed by atoms with Gasteiger partial charge >= 0.3 is 0 Å². The van der Waals surface area contributed by atoms with Crippen molar-refractivity contribution in [2.24, 2.45) is 0 Å². The van der Waals surface area contributed by atoms with E-state index in [9.17, 15) is 0 Å². The van der Waals surface area contributed by atoms with E-state index in [1.54, 1.807) is 0 Å². The highest BCUT2D eigenvalue weighted by molar-refractivity contribution is 5.28. The van der Waals surface area contributed by atoms with Gasteiger partial charge in [0.1, 0.15) is 0 Å². The number of aryl methyl sites for hydroxylation is 2. The monoisotopic (exact) mass is 260 g/mol. The molecule has 1 aromatic carbocycles. The fourth-order valence-corrected chi connectivity index (χ4v) is 3.05. The van der Waals surface area contributed by atoms with Crippen molar-refractivity contribution in [3.8, 4) is 0 Å². The average molecular weight is 260 g/mol. The molecule has 0 aromatic heterocycles. The second kappa shape index (κ2) is 6.53.